The van der Waals surface area contributed by atoms with Crippen molar-refractivity contribution in [3.05, 3.63) is 21.1 Å². The number of ketones is 1. The van der Waals surface area contributed by atoms with Gasteiger partial charge in [-0.1, -0.05) is 0 Å². The summed E-state index contributed by atoms with van der Waals surface area (Å²) < 4.78 is 5.62. The molecule has 1 aliphatic heterocycles. The minimum absolute atomic E-state index is 0.0253. The van der Waals surface area contributed by atoms with Gasteiger partial charge in [0.05, 0.1) is 15.9 Å². The first-order valence-electron chi connectivity index (χ1n) is 6.68. The molecule has 6 nitrogen and oxygen atoms in total. The lowest BCUT2D eigenvalue weighted by molar-refractivity contribution is -0.383. The minimum Gasteiger partial charge on any atom is -0.377 e. The number of anilines is 1. The zero-order chi connectivity index (χ0) is 14.7. The van der Waals surface area contributed by atoms with Gasteiger partial charge < -0.3 is 9.64 Å². The Morgan fingerprint density at radius 1 is 1.65 bits per heavy atom. The maximum atomic E-state index is 11.4. The van der Waals surface area contributed by atoms with Crippen LogP contribution in [0.3, 0.4) is 0 Å². The molecule has 1 saturated heterocycles. The van der Waals surface area contributed by atoms with Crippen molar-refractivity contribution >= 4 is 27.8 Å². The number of ether oxygens (including phenoxy) is 1. The topological polar surface area (TPSA) is 72.7 Å². The van der Waals surface area contributed by atoms with Gasteiger partial charge in [0, 0.05) is 25.8 Å². The van der Waals surface area contributed by atoms with Crippen LogP contribution in [0.2, 0.25) is 0 Å². The number of rotatable bonds is 5. The number of carbonyl (C=O) groups excluding carboxylic acids is 1. The number of nitrogens with zero attached hydrogens (tertiary/aromatic N) is 2. The van der Waals surface area contributed by atoms with Gasteiger partial charge in [0.25, 0.3) is 0 Å². The molecular weight excluding hydrogens is 280 g/mol. The second-order valence-electron chi connectivity index (χ2n) is 4.78. The Kier molecular flexibility index (Phi) is 4.72. The van der Waals surface area contributed by atoms with E-state index in [1.807, 2.05) is 11.8 Å². The quantitative estimate of drug-likeness (QED) is 0.475. The van der Waals surface area contributed by atoms with Gasteiger partial charge in [-0.25, -0.2) is 0 Å². The predicted octanol–water partition coefficient (Wildman–Crippen LogP) is 2.86. The van der Waals surface area contributed by atoms with E-state index in [1.165, 1.54) is 24.3 Å². The Morgan fingerprint density at radius 3 is 3.00 bits per heavy atom. The third-order valence-corrected chi connectivity index (χ3v) is 4.59. The van der Waals surface area contributed by atoms with E-state index < -0.39 is 4.92 Å². The number of hydrogen-bond acceptors (Lipinski definition) is 6. The lowest BCUT2D eigenvalue weighted by atomic mass is 10.1. The monoisotopic (exact) mass is 298 g/mol. The summed E-state index contributed by atoms with van der Waals surface area (Å²) in [5.74, 6) is -0.136. The van der Waals surface area contributed by atoms with E-state index >= 15 is 0 Å². The summed E-state index contributed by atoms with van der Waals surface area (Å²) >= 11 is 1.20. The Bertz CT molecular complexity index is 512. The summed E-state index contributed by atoms with van der Waals surface area (Å²) in [5, 5.41) is 11.7. The molecule has 20 heavy (non-hydrogen) atoms. The minimum atomic E-state index is -0.414. The van der Waals surface area contributed by atoms with Crippen molar-refractivity contribution < 1.29 is 14.5 Å². The lowest BCUT2D eigenvalue weighted by Crippen LogP contribution is -2.39. The molecule has 0 aromatic carbocycles. The molecule has 1 aliphatic rings. The van der Waals surface area contributed by atoms with Crippen LogP contribution in [0.4, 0.5) is 10.7 Å². The zero-order valence-corrected chi connectivity index (χ0v) is 12.4. The Hall–Kier alpha value is -1.47. The van der Waals surface area contributed by atoms with Crippen LogP contribution in [0, 0.1) is 10.1 Å². The van der Waals surface area contributed by atoms with Crippen molar-refractivity contribution in [2.24, 2.45) is 0 Å². The number of thiophene rings is 1. The van der Waals surface area contributed by atoms with E-state index in [2.05, 4.69) is 0 Å². The van der Waals surface area contributed by atoms with Crippen LogP contribution in [0.5, 0.6) is 0 Å². The highest BCUT2D eigenvalue weighted by atomic mass is 32.1. The van der Waals surface area contributed by atoms with Crippen LogP contribution in [0.25, 0.3) is 0 Å². The highest BCUT2D eigenvalue weighted by molar-refractivity contribution is 7.18. The summed E-state index contributed by atoms with van der Waals surface area (Å²) in [5.41, 5.74) is 0.0253. The zero-order valence-electron chi connectivity index (χ0n) is 11.6. The molecule has 0 aliphatic carbocycles. The third kappa shape index (κ3) is 3.16. The molecule has 110 valence electrons. The molecule has 0 amide bonds. The van der Waals surface area contributed by atoms with Gasteiger partial charge in [0.1, 0.15) is 0 Å². The number of nitro groups is 1. The Labute approximate surface area is 121 Å². The first kappa shape index (κ1) is 14.9. The van der Waals surface area contributed by atoms with Crippen molar-refractivity contribution in [2.75, 3.05) is 24.6 Å². The molecule has 2 heterocycles. The van der Waals surface area contributed by atoms with Gasteiger partial charge in [-0.3, -0.25) is 14.9 Å². The number of piperidine rings is 1. The third-order valence-electron chi connectivity index (χ3n) is 3.30. The highest BCUT2D eigenvalue weighted by Gasteiger charge is 2.29. The van der Waals surface area contributed by atoms with Crippen molar-refractivity contribution in [1.82, 2.24) is 0 Å². The highest BCUT2D eigenvalue weighted by Crippen LogP contribution is 2.39. The number of carbonyl (C=O) groups is 1. The van der Waals surface area contributed by atoms with E-state index in [1.54, 1.807) is 0 Å². The largest absolute Gasteiger partial charge is 0.377 e. The fourth-order valence-corrected chi connectivity index (χ4v) is 3.45. The normalized spacial score (nSPS) is 19.1. The molecule has 0 N–H and O–H groups in total. The summed E-state index contributed by atoms with van der Waals surface area (Å²) in [6.07, 6.45) is 2.02. The molecule has 2 rings (SSSR count). The fraction of sp³-hybridized carbons (Fsp3) is 0.615. The van der Waals surface area contributed by atoms with Crippen LogP contribution in [0.1, 0.15) is 36.4 Å². The molecule has 1 aromatic heterocycles. The smallest absolute Gasteiger partial charge is 0.304 e. The maximum absolute atomic E-state index is 11.4. The number of hydrogen-bond donors (Lipinski definition) is 0. The SMILES string of the molecule is CCOC1CCCN(c2sc(C(C)=O)cc2[N+](=O)[O-])C1. The Morgan fingerprint density at radius 2 is 2.40 bits per heavy atom. The van der Waals surface area contributed by atoms with Crippen LogP contribution < -0.4 is 4.90 Å². The van der Waals surface area contributed by atoms with Crippen LogP contribution >= 0.6 is 11.3 Å². The standard InChI is InChI=1S/C13H18N2O4S/c1-3-19-10-5-4-6-14(8-10)13-11(15(17)18)7-12(20-13)9(2)16/h7,10H,3-6,8H2,1-2H3. The van der Waals surface area contributed by atoms with Gasteiger partial charge in [0.2, 0.25) is 0 Å². The van der Waals surface area contributed by atoms with Gasteiger partial charge >= 0.3 is 5.69 Å². The van der Waals surface area contributed by atoms with Crippen molar-refractivity contribution in [3.8, 4) is 0 Å². The van der Waals surface area contributed by atoms with E-state index in [-0.39, 0.29) is 17.6 Å². The van der Waals surface area contributed by atoms with Gasteiger partial charge in [-0.15, -0.1) is 11.3 Å². The molecule has 1 atom stereocenters. The van der Waals surface area contributed by atoms with E-state index in [9.17, 15) is 14.9 Å². The molecule has 7 heteroatoms. The average Bonchev–Trinajstić information content (AvgIpc) is 2.85. The van der Waals surface area contributed by atoms with E-state index in [4.69, 9.17) is 4.74 Å². The summed E-state index contributed by atoms with van der Waals surface area (Å²) in [6.45, 7) is 5.43. The second-order valence-corrected chi connectivity index (χ2v) is 5.81. The van der Waals surface area contributed by atoms with E-state index in [0.717, 1.165) is 19.4 Å². The van der Waals surface area contributed by atoms with Gasteiger partial charge in [-0.05, 0) is 26.7 Å². The van der Waals surface area contributed by atoms with Crippen LogP contribution in [0.15, 0.2) is 6.07 Å². The molecule has 1 aromatic rings. The van der Waals surface area contributed by atoms with Crippen LogP contribution in [-0.4, -0.2) is 36.5 Å². The fourth-order valence-electron chi connectivity index (χ4n) is 2.40. The van der Waals surface area contributed by atoms with Crippen LogP contribution in [-0.2, 0) is 4.74 Å². The van der Waals surface area contributed by atoms with Crippen molar-refractivity contribution in [2.45, 2.75) is 32.8 Å². The summed E-state index contributed by atoms with van der Waals surface area (Å²) in [7, 11) is 0. The predicted molar refractivity (Wildman–Crippen MR) is 77.8 cm³/mol. The lowest BCUT2D eigenvalue weighted by Gasteiger charge is -2.32. The average molecular weight is 298 g/mol. The molecule has 1 fully saturated rings. The number of Topliss-reactive ketones (excluding diaryl/α,β-unsaturated/α-hetero) is 1. The molecule has 0 radical (unpaired) electrons. The molecule has 0 saturated carbocycles. The van der Waals surface area contributed by atoms with Gasteiger partial charge in [0.15, 0.2) is 10.8 Å². The Balaban J connectivity index is 2.26. The summed E-state index contributed by atoms with van der Waals surface area (Å²) in [4.78, 5) is 24.6. The molecular formula is C13H18N2O4S. The maximum Gasteiger partial charge on any atom is 0.304 e. The second kappa shape index (κ2) is 6.32. The first-order chi connectivity index (χ1) is 9.52. The first-order valence-corrected chi connectivity index (χ1v) is 7.50. The summed E-state index contributed by atoms with van der Waals surface area (Å²) in [6, 6.07) is 1.38. The molecule has 0 spiro atoms. The molecule has 0 bridgehead atoms. The van der Waals surface area contributed by atoms with Crippen molar-refractivity contribution in [1.29, 1.82) is 0 Å². The van der Waals surface area contributed by atoms with E-state index in [0.29, 0.717) is 23.0 Å². The van der Waals surface area contributed by atoms with Crippen molar-refractivity contribution in [3.63, 3.8) is 0 Å². The van der Waals surface area contributed by atoms with Gasteiger partial charge in [-0.2, -0.15) is 0 Å². The molecule has 1 unspecified atom stereocenters.